The Balaban J connectivity index is 2.09. The van der Waals surface area contributed by atoms with Gasteiger partial charge in [0.15, 0.2) is 0 Å². The van der Waals surface area contributed by atoms with Crippen molar-refractivity contribution < 1.29 is 15.3 Å². The first-order valence-corrected chi connectivity index (χ1v) is 6.58. The molecule has 0 saturated carbocycles. The predicted molar refractivity (Wildman–Crippen MR) is 69.9 cm³/mol. The van der Waals surface area contributed by atoms with Crippen LogP contribution in [0.2, 0.25) is 0 Å². The van der Waals surface area contributed by atoms with E-state index in [1.54, 1.807) is 17.5 Å². The zero-order valence-electron chi connectivity index (χ0n) is 10.7. The number of thiazole rings is 1. The van der Waals surface area contributed by atoms with Gasteiger partial charge >= 0.3 is 0 Å². The molecule has 2 heterocycles. The van der Waals surface area contributed by atoms with Crippen molar-refractivity contribution in [2.75, 3.05) is 6.61 Å². The Hall–Kier alpha value is -1.38. The number of hydrogen-bond donors (Lipinski definition) is 2. The van der Waals surface area contributed by atoms with Gasteiger partial charge in [-0.15, -0.1) is 11.3 Å². The van der Waals surface area contributed by atoms with Gasteiger partial charge in [0.2, 0.25) is 0 Å². The normalized spacial score (nSPS) is 11.2. The van der Waals surface area contributed by atoms with Crippen molar-refractivity contribution in [1.29, 1.82) is 0 Å². The summed E-state index contributed by atoms with van der Waals surface area (Å²) in [6.45, 7) is 4.05. The summed E-state index contributed by atoms with van der Waals surface area (Å²) in [4.78, 5) is 14.3. The first-order valence-electron chi connectivity index (χ1n) is 5.76. The van der Waals surface area contributed by atoms with Crippen molar-refractivity contribution in [3.63, 3.8) is 0 Å². The summed E-state index contributed by atoms with van der Waals surface area (Å²) < 4.78 is 0. The maximum atomic E-state index is 8.46. The fourth-order valence-corrected chi connectivity index (χ4v) is 2.63. The molecule has 102 valence electrons. The van der Waals surface area contributed by atoms with E-state index in [1.807, 2.05) is 26.0 Å². The summed E-state index contributed by atoms with van der Waals surface area (Å²) >= 11 is 1.56. The largest absolute Gasteiger partial charge is 0.266 e. The summed E-state index contributed by atoms with van der Waals surface area (Å²) in [5, 5.41) is 17.5. The van der Waals surface area contributed by atoms with E-state index in [-0.39, 0.29) is 12.0 Å². The highest BCUT2D eigenvalue weighted by Crippen LogP contribution is 2.27. The number of hydrogen-bond acceptors (Lipinski definition) is 7. The van der Waals surface area contributed by atoms with Crippen molar-refractivity contribution in [2.45, 2.75) is 20.3 Å². The van der Waals surface area contributed by atoms with Crippen LogP contribution in [0.25, 0.3) is 10.6 Å². The fourth-order valence-electron chi connectivity index (χ4n) is 1.60. The molecule has 6 nitrogen and oxygen atoms in total. The lowest BCUT2D eigenvalue weighted by molar-refractivity contribution is -0.492. The lowest BCUT2D eigenvalue weighted by Gasteiger charge is -2.04. The summed E-state index contributed by atoms with van der Waals surface area (Å²) in [5.74, 6) is 0. The number of nitrogens with zero attached hydrogens (tertiary/aromatic N) is 3. The SMILES string of the molecule is Cc1ccc(-c2nc(C)c(CCON(O)O)s2)cn1. The Labute approximate surface area is 114 Å². The Morgan fingerprint density at radius 1 is 1.32 bits per heavy atom. The van der Waals surface area contributed by atoms with Gasteiger partial charge in [-0.1, -0.05) is 0 Å². The van der Waals surface area contributed by atoms with E-state index in [2.05, 4.69) is 14.8 Å². The minimum absolute atomic E-state index is 0.182. The van der Waals surface area contributed by atoms with Crippen molar-refractivity contribution in [3.8, 4) is 10.6 Å². The Kier molecular flexibility index (Phi) is 4.56. The Morgan fingerprint density at radius 2 is 2.11 bits per heavy atom. The average Bonchev–Trinajstić information content (AvgIpc) is 2.71. The topological polar surface area (TPSA) is 78.7 Å². The van der Waals surface area contributed by atoms with Crippen LogP contribution in [0.5, 0.6) is 0 Å². The molecule has 0 saturated heterocycles. The molecule has 0 radical (unpaired) electrons. The molecule has 0 spiro atoms. The van der Waals surface area contributed by atoms with E-state index in [4.69, 9.17) is 10.4 Å². The average molecular weight is 281 g/mol. The molecule has 0 unspecified atom stereocenters. The molecule has 0 bridgehead atoms. The van der Waals surface area contributed by atoms with Gasteiger partial charge in [-0.3, -0.25) is 20.2 Å². The molecular formula is C12H15N3O3S. The van der Waals surface area contributed by atoms with E-state index in [0.717, 1.165) is 26.8 Å². The zero-order chi connectivity index (χ0) is 13.8. The van der Waals surface area contributed by atoms with Crippen LogP contribution < -0.4 is 0 Å². The molecule has 0 amide bonds. The molecule has 2 aromatic heterocycles. The molecule has 0 atom stereocenters. The summed E-state index contributed by atoms with van der Waals surface area (Å²) in [7, 11) is 0. The summed E-state index contributed by atoms with van der Waals surface area (Å²) in [6, 6.07) is 3.94. The lowest BCUT2D eigenvalue weighted by Crippen LogP contribution is -2.16. The molecule has 2 N–H and O–H groups in total. The second-order valence-corrected chi connectivity index (χ2v) is 5.14. The molecule has 2 rings (SSSR count). The van der Waals surface area contributed by atoms with Crippen LogP contribution in [-0.2, 0) is 11.3 Å². The number of aryl methyl sites for hydroxylation is 2. The lowest BCUT2D eigenvalue weighted by atomic mass is 10.2. The van der Waals surface area contributed by atoms with Crippen LogP contribution >= 0.6 is 11.3 Å². The van der Waals surface area contributed by atoms with Crippen LogP contribution in [-0.4, -0.2) is 32.4 Å². The Morgan fingerprint density at radius 3 is 2.74 bits per heavy atom. The summed E-state index contributed by atoms with van der Waals surface area (Å²) in [6.07, 6.45) is 2.37. The Bertz CT molecular complexity index is 540. The minimum atomic E-state index is -0.277. The highest BCUT2D eigenvalue weighted by Gasteiger charge is 2.10. The second-order valence-electron chi connectivity index (χ2n) is 4.05. The van der Waals surface area contributed by atoms with Crippen molar-refractivity contribution in [2.24, 2.45) is 0 Å². The van der Waals surface area contributed by atoms with E-state index in [9.17, 15) is 0 Å². The van der Waals surface area contributed by atoms with Gasteiger partial charge in [-0.25, -0.2) is 4.98 Å². The maximum Gasteiger partial charge on any atom is 0.125 e. The van der Waals surface area contributed by atoms with E-state index < -0.39 is 0 Å². The van der Waals surface area contributed by atoms with E-state index in [1.165, 1.54) is 0 Å². The van der Waals surface area contributed by atoms with Gasteiger partial charge in [0, 0.05) is 28.8 Å². The maximum absolute atomic E-state index is 8.46. The number of rotatable bonds is 5. The smallest absolute Gasteiger partial charge is 0.125 e. The van der Waals surface area contributed by atoms with Gasteiger partial charge in [0.25, 0.3) is 0 Å². The van der Waals surface area contributed by atoms with Crippen LogP contribution in [0.1, 0.15) is 16.3 Å². The highest BCUT2D eigenvalue weighted by molar-refractivity contribution is 7.15. The van der Waals surface area contributed by atoms with Gasteiger partial charge in [0.1, 0.15) is 5.01 Å². The van der Waals surface area contributed by atoms with E-state index >= 15 is 0 Å². The monoisotopic (exact) mass is 281 g/mol. The molecule has 0 aliphatic heterocycles. The van der Waals surface area contributed by atoms with Gasteiger partial charge in [-0.2, -0.15) is 0 Å². The molecular weight excluding hydrogens is 266 g/mol. The third-order valence-electron chi connectivity index (χ3n) is 2.59. The second kappa shape index (κ2) is 6.18. The molecule has 19 heavy (non-hydrogen) atoms. The molecule has 0 aliphatic rings. The van der Waals surface area contributed by atoms with Gasteiger partial charge in [0.05, 0.1) is 17.7 Å². The van der Waals surface area contributed by atoms with Gasteiger partial charge in [-0.05, 0) is 26.0 Å². The van der Waals surface area contributed by atoms with Crippen molar-refractivity contribution in [1.82, 2.24) is 15.4 Å². The molecule has 2 aromatic rings. The number of pyridine rings is 1. The van der Waals surface area contributed by atoms with Crippen molar-refractivity contribution in [3.05, 3.63) is 34.6 Å². The van der Waals surface area contributed by atoms with Crippen molar-refractivity contribution >= 4 is 11.3 Å². The number of aromatic nitrogens is 2. The van der Waals surface area contributed by atoms with Crippen LogP contribution in [0, 0.1) is 13.8 Å². The van der Waals surface area contributed by atoms with E-state index in [0.29, 0.717) is 6.42 Å². The zero-order valence-corrected chi connectivity index (χ0v) is 11.5. The third kappa shape index (κ3) is 3.79. The van der Waals surface area contributed by atoms with Crippen LogP contribution in [0.3, 0.4) is 0 Å². The quantitative estimate of drug-likeness (QED) is 0.819. The summed E-state index contributed by atoms with van der Waals surface area (Å²) in [5.41, 5.74) is 2.88. The third-order valence-corrected chi connectivity index (χ3v) is 3.85. The molecule has 0 aromatic carbocycles. The first kappa shape index (κ1) is 14.0. The standard InChI is InChI=1S/C12H15N3O3S/c1-8-3-4-10(7-13-8)12-14-9(2)11(19-12)5-6-18-15(16)17/h3-4,7,16-17H,5-6H2,1-2H3. The molecule has 7 heteroatoms. The van der Waals surface area contributed by atoms with Crippen LogP contribution in [0.4, 0.5) is 0 Å². The highest BCUT2D eigenvalue weighted by atomic mass is 32.1. The molecule has 0 aliphatic carbocycles. The molecule has 0 fully saturated rings. The van der Waals surface area contributed by atoms with Gasteiger partial charge < -0.3 is 0 Å². The predicted octanol–water partition coefficient (Wildman–Crippen LogP) is 2.38. The fraction of sp³-hybridized carbons (Fsp3) is 0.333. The minimum Gasteiger partial charge on any atom is -0.266 e. The van der Waals surface area contributed by atoms with Crippen LogP contribution in [0.15, 0.2) is 18.3 Å². The first-order chi connectivity index (χ1) is 9.06.